The van der Waals surface area contributed by atoms with E-state index in [1.807, 2.05) is 0 Å². The molecular weight excluding hydrogens is 616 g/mol. The number of ether oxygens (including phenoxy) is 4. The average molecular weight is 649 g/mol. The van der Waals surface area contributed by atoms with Crippen molar-refractivity contribution in [2.45, 2.75) is 63.8 Å². The van der Waals surface area contributed by atoms with Crippen LogP contribution in [0.2, 0.25) is 0 Å². The van der Waals surface area contributed by atoms with Crippen LogP contribution < -0.4 is 22.8 Å². The quantitative estimate of drug-likeness (QED) is 0.125. The van der Waals surface area contributed by atoms with Gasteiger partial charge in [-0.05, 0) is 23.2 Å². The van der Waals surface area contributed by atoms with Crippen molar-refractivity contribution in [1.82, 2.24) is 19.1 Å². The first-order valence-corrected chi connectivity index (χ1v) is 13.4. The molecule has 0 aliphatic carbocycles. The first-order valence-electron chi connectivity index (χ1n) is 13.4. The number of aliphatic hydroxyl groups excluding tert-OH is 2. The molecule has 2 saturated heterocycles. The van der Waals surface area contributed by atoms with Gasteiger partial charge in [0.2, 0.25) is 5.72 Å². The molecule has 0 unspecified atom stereocenters. The van der Waals surface area contributed by atoms with Crippen LogP contribution in [-0.2, 0) is 28.5 Å². The summed E-state index contributed by atoms with van der Waals surface area (Å²) >= 11 is 0. The summed E-state index contributed by atoms with van der Waals surface area (Å²) in [6.45, 7) is 4.35. The van der Waals surface area contributed by atoms with Crippen molar-refractivity contribution in [3.8, 4) is 0 Å². The molecule has 2 fully saturated rings. The van der Waals surface area contributed by atoms with E-state index in [2.05, 4.69) is 30.0 Å². The molecule has 248 valence electrons. The monoisotopic (exact) mass is 648 g/mol. The zero-order valence-electron chi connectivity index (χ0n) is 25.0. The second-order valence-electron chi connectivity index (χ2n) is 10.3. The second kappa shape index (κ2) is 14.2. The molecule has 0 spiro atoms. The zero-order valence-corrected chi connectivity index (χ0v) is 25.0. The van der Waals surface area contributed by atoms with Crippen LogP contribution in [-0.4, -0.2) is 78.1 Å². The van der Waals surface area contributed by atoms with Crippen molar-refractivity contribution in [1.29, 1.82) is 0 Å². The summed E-state index contributed by atoms with van der Waals surface area (Å²) in [5, 5.41) is 26.4. The van der Waals surface area contributed by atoms with Crippen molar-refractivity contribution in [2.75, 3.05) is 24.7 Å². The Hall–Kier alpha value is -5.24. The molecule has 2 aliphatic heterocycles. The number of aromatic nitrogens is 4. The number of esters is 2. The average Bonchev–Trinajstić information content (AvgIpc) is 3.38. The summed E-state index contributed by atoms with van der Waals surface area (Å²) in [7, 11) is 0. The molecule has 0 saturated carbocycles. The highest BCUT2D eigenvalue weighted by atomic mass is 16.6. The molecule has 2 aromatic heterocycles. The van der Waals surface area contributed by atoms with Crippen LogP contribution in [0.15, 0.2) is 44.3 Å². The van der Waals surface area contributed by atoms with Gasteiger partial charge in [0.15, 0.2) is 5.72 Å². The van der Waals surface area contributed by atoms with Gasteiger partial charge in [-0.3, -0.25) is 18.7 Å². The van der Waals surface area contributed by atoms with E-state index in [-0.39, 0.29) is 11.6 Å². The van der Waals surface area contributed by atoms with Gasteiger partial charge in [-0.2, -0.15) is 9.97 Å². The minimum Gasteiger partial charge on any atom is -0.462 e. The highest BCUT2D eigenvalue weighted by Crippen LogP contribution is 2.44. The van der Waals surface area contributed by atoms with Crippen molar-refractivity contribution in [3.05, 3.63) is 66.4 Å². The summed E-state index contributed by atoms with van der Waals surface area (Å²) in [6, 6.07) is 2.79. The minimum atomic E-state index is -1.84. The molecule has 22 heteroatoms. The standard InChI is InChI=1S/C14H18N6O6.C10H14N6O4/c1-7-11(25-9(3)22)14(18-19-16,6-24-8(2)21)26-12(7)20-5-4-10(15)17-13(20)23;1-5-7(18)10(4-17,14-15-12)20-8(5)16-3-2-6(11)13-9(16)19/h4-5,7,11-12H,6H2,1-3H3,(H2,15,17,23);2-3,5,7-8,17-18H,4H2,1H3,(H2,11,13,19)/t7-,11-,12+,14+;5-,7-,8+,10+/m00/s1. The first-order chi connectivity index (χ1) is 21.6. The van der Waals surface area contributed by atoms with Crippen molar-refractivity contribution in [3.63, 3.8) is 0 Å². The number of rotatable bonds is 8. The Bertz CT molecular complexity index is 1670. The molecule has 0 radical (unpaired) electrons. The lowest BCUT2D eigenvalue weighted by atomic mass is 9.98. The van der Waals surface area contributed by atoms with E-state index >= 15 is 0 Å². The number of carbonyl (C=O) groups excluding carboxylic acids is 2. The van der Waals surface area contributed by atoms with Crippen molar-refractivity contribution in [2.24, 2.45) is 22.1 Å². The number of azide groups is 2. The minimum absolute atomic E-state index is 0.0228. The van der Waals surface area contributed by atoms with Crippen LogP contribution in [0.25, 0.3) is 20.9 Å². The Labute approximate surface area is 258 Å². The van der Waals surface area contributed by atoms with Gasteiger partial charge >= 0.3 is 23.3 Å². The molecule has 4 heterocycles. The molecular formula is C24H32N12O10. The summed E-state index contributed by atoms with van der Waals surface area (Å²) < 4.78 is 23.6. The largest absolute Gasteiger partial charge is 0.462 e. The van der Waals surface area contributed by atoms with Crippen LogP contribution in [0.1, 0.15) is 40.2 Å². The van der Waals surface area contributed by atoms with Gasteiger partial charge in [-0.15, -0.1) is 0 Å². The van der Waals surface area contributed by atoms with E-state index in [9.17, 15) is 29.4 Å². The normalized spacial score (nSPS) is 29.8. The van der Waals surface area contributed by atoms with Crippen LogP contribution in [0.4, 0.5) is 11.6 Å². The molecule has 2 aromatic rings. The number of hydrogen-bond acceptors (Lipinski definition) is 16. The van der Waals surface area contributed by atoms with Crippen LogP contribution >= 0.6 is 0 Å². The fourth-order valence-corrected chi connectivity index (χ4v) is 4.96. The molecule has 8 atom stereocenters. The number of nitrogens with two attached hydrogens (primary N) is 2. The topological polar surface area (TPSA) is 331 Å². The molecule has 2 aliphatic rings. The van der Waals surface area contributed by atoms with E-state index in [0.717, 1.165) is 16.1 Å². The molecule has 0 bridgehead atoms. The van der Waals surface area contributed by atoms with Crippen LogP contribution in [0, 0.1) is 11.8 Å². The molecule has 0 aromatic carbocycles. The van der Waals surface area contributed by atoms with Gasteiger partial charge in [0.1, 0.15) is 36.8 Å². The van der Waals surface area contributed by atoms with Crippen molar-refractivity contribution >= 4 is 23.6 Å². The Balaban J connectivity index is 0.000000259. The summed E-state index contributed by atoms with van der Waals surface area (Å²) in [6.07, 6.45) is -1.58. The number of nitrogen functional groups attached to an aromatic ring is 2. The number of hydrogen-bond donors (Lipinski definition) is 4. The van der Waals surface area contributed by atoms with E-state index in [4.69, 9.17) is 41.5 Å². The molecule has 22 nitrogen and oxygen atoms in total. The van der Waals surface area contributed by atoms with Gasteiger partial charge in [-0.1, -0.05) is 24.1 Å². The Kier molecular flexibility index (Phi) is 10.9. The maximum Gasteiger partial charge on any atom is 0.351 e. The van der Waals surface area contributed by atoms with Crippen LogP contribution in [0.5, 0.6) is 0 Å². The Morgan fingerprint density at radius 2 is 1.43 bits per heavy atom. The van der Waals surface area contributed by atoms with E-state index in [0.29, 0.717) is 0 Å². The number of carbonyl (C=O) groups is 2. The van der Waals surface area contributed by atoms with Crippen molar-refractivity contribution < 1.29 is 38.7 Å². The third kappa shape index (κ3) is 7.18. The summed E-state index contributed by atoms with van der Waals surface area (Å²) in [5.41, 5.74) is 23.3. The maximum atomic E-state index is 12.1. The summed E-state index contributed by atoms with van der Waals surface area (Å²) in [5.74, 6) is -2.46. The van der Waals surface area contributed by atoms with Gasteiger partial charge < -0.3 is 40.6 Å². The van der Waals surface area contributed by atoms with Crippen LogP contribution in [0.3, 0.4) is 0 Å². The Morgan fingerprint density at radius 3 is 1.87 bits per heavy atom. The highest BCUT2D eigenvalue weighted by molar-refractivity contribution is 5.67. The highest BCUT2D eigenvalue weighted by Gasteiger charge is 2.57. The third-order valence-electron chi connectivity index (χ3n) is 7.11. The van der Waals surface area contributed by atoms with Gasteiger partial charge in [-0.25, -0.2) is 9.59 Å². The molecule has 6 N–H and O–H groups in total. The number of aliphatic hydroxyl groups is 2. The maximum absolute atomic E-state index is 12.1. The Morgan fingerprint density at radius 1 is 0.957 bits per heavy atom. The second-order valence-corrected chi connectivity index (χ2v) is 10.3. The lowest BCUT2D eigenvalue weighted by Crippen LogP contribution is -2.46. The molecule has 4 rings (SSSR count). The first kappa shape index (κ1) is 35.2. The molecule has 46 heavy (non-hydrogen) atoms. The van der Waals surface area contributed by atoms with Gasteiger partial charge in [0, 0.05) is 47.9 Å². The van der Waals surface area contributed by atoms with Gasteiger partial charge in [0.25, 0.3) is 0 Å². The zero-order chi connectivity index (χ0) is 34.4. The lowest BCUT2D eigenvalue weighted by Gasteiger charge is -2.29. The predicted octanol–water partition coefficient (Wildman–Crippen LogP) is -0.158. The third-order valence-corrected chi connectivity index (χ3v) is 7.11. The predicted molar refractivity (Wildman–Crippen MR) is 153 cm³/mol. The van der Waals surface area contributed by atoms with E-state index < -0.39 is 84.5 Å². The molecule has 0 amide bonds. The van der Waals surface area contributed by atoms with Gasteiger partial charge in [0.05, 0.1) is 12.7 Å². The van der Waals surface area contributed by atoms with E-state index in [1.165, 1.54) is 31.5 Å². The van der Waals surface area contributed by atoms with E-state index in [1.54, 1.807) is 13.8 Å². The smallest absolute Gasteiger partial charge is 0.351 e. The number of anilines is 2. The summed E-state index contributed by atoms with van der Waals surface area (Å²) in [4.78, 5) is 59.1. The number of nitrogens with zero attached hydrogens (tertiary/aromatic N) is 10. The fraction of sp³-hybridized carbons (Fsp3) is 0.583. The lowest BCUT2D eigenvalue weighted by molar-refractivity contribution is -0.174. The fourth-order valence-electron chi connectivity index (χ4n) is 4.96. The SMILES string of the molecule is CC(=O)OC[C@@]1(N=[N+]=[N-])O[C@@H](n2ccc(N)nc2=O)[C@@H](C)[C@@H]1OC(C)=O.C[C@@H]1[C@H](n2ccc(N)nc2=O)O[C@@](CO)(N=[N+]=[N-])[C@H]1O.